The number of aromatic amines is 1. The fourth-order valence-corrected chi connectivity index (χ4v) is 2.75. The number of hydrogen-bond acceptors (Lipinski definition) is 3. The van der Waals surface area contributed by atoms with Crippen molar-refractivity contribution in [2.75, 3.05) is 0 Å². The molecule has 0 aliphatic carbocycles. The summed E-state index contributed by atoms with van der Waals surface area (Å²) in [5.74, 6) is 0.619. The van der Waals surface area contributed by atoms with Gasteiger partial charge < -0.3 is 4.98 Å². The van der Waals surface area contributed by atoms with Crippen LogP contribution in [0.2, 0.25) is 5.02 Å². The van der Waals surface area contributed by atoms with E-state index in [1.165, 1.54) is 6.07 Å². The summed E-state index contributed by atoms with van der Waals surface area (Å²) in [7, 11) is 0. The first-order chi connectivity index (χ1) is 11.0. The van der Waals surface area contributed by atoms with E-state index in [2.05, 4.69) is 9.97 Å². The van der Waals surface area contributed by atoms with Crippen molar-refractivity contribution in [3.05, 3.63) is 68.9 Å². The van der Waals surface area contributed by atoms with Crippen molar-refractivity contribution in [2.24, 2.45) is 0 Å². The first-order valence-electron chi connectivity index (χ1n) is 7.03. The molecule has 0 bridgehead atoms. The SMILES string of the molecule is Cc1ccc([N+](=O)[O-])c(C)c1-c1ncc(-c2ccc(Cl)cc2)[nH]1. The molecule has 0 radical (unpaired) electrons. The van der Waals surface area contributed by atoms with Crippen LogP contribution in [0, 0.1) is 24.0 Å². The van der Waals surface area contributed by atoms with Crippen molar-refractivity contribution in [2.45, 2.75) is 13.8 Å². The van der Waals surface area contributed by atoms with Gasteiger partial charge in [0.25, 0.3) is 5.69 Å². The third-order valence-corrected chi connectivity index (χ3v) is 4.06. The van der Waals surface area contributed by atoms with Crippen LogP contribution < -0.4 is 0 Å². The molecule has 0 aliphatic rings. The van der Waals surface area contributed by atoms with Crippen molar-refractivity contribution < 1.29 is 4.92 Å². The van der Waals surface area contributed by atoms with E-state index in [9.17, 15) is 10.1 Å². The van der Waals surface area contributed by atoms with E-state index < -0.39 is 0 Å². The lowest BCUT2D eigenvalue weighted by atomic mass is 10.0. The average molecular weight is 328 g/mol. The number of hydrogen-bond donors (Lipinski definition) is 1. The Hall–Kier alpha value is -2.66. The van der Waals surface area contributed by atoms with Crippen LogP contribution in [0.15, 0.2) is 42.6 Å². The molecule has 2 aromatic carbocycles. The molecule has 3 aromatic rings. The smallest absolute Gasteiger partial charge is 0.273 e. The minimum Gasteiger partial charge on any atom is -0.338 e. The summed E-state index contributed by atoms with van der Waals surface area (Å²) in [5.41, 5.74) is 4.18. The molecule has 0 spiro atoms. The number of nitro groups is 1. The fourth-order valence-electron chi connectivity index (χ4n) is 2.62. The van der Waals surface area contributed by atoms with Gasteiger partial charge in [0.2, 0.25) is 0 Å². The third kappa shape index (κ3) is 2.83. The predicted octanol–water partition coefficient (Wildman–Crippen LogP) is 4.92. The maximum absolute atomic E-state index is 11.1. The Kier molecular flexibility index (Phi) is 3.88. The number of benzene rings is 2. The number of H-pyrrole nitrogens is 1. The van der Waals surface area contributed by atoms with Crippen molar-refractivity contribution in [1.29, 1.82) is 0 Å². The molecule has 23 heavy (non-hydrogen) atoms. The lowest BCUT2D eigenvalue weighted by Gasteiger charge is -2.07. The number of rotatable bonds is 3. The Bertz CT molecular complexity index is 885. The Labute approximate surface area is 138 Å². The molecular formula is C17H14ClN3O2. The van der Waals surface area contributed by atoms with Crippen LogP contribution in [0.4, 0.5) is 5.69 Å². The average Bonchev–Trinajstić information content (AvgIpc) is 2.97. The second kappa shape index (κ2) is 5.85. The molecule has 3 rings (SSSR count). The lowest BCUT2D eigenvalue weighted by molar-refractivity contribution is -0.385. The third-order valence-electron chi connectivity index (χ3n) is 3.81. The van der Waals surface area contributed by atoms with Crippen LogP contribution in [-0.2, 0) is 0 Å². The molecule has 0 atom stereocenters. The fraction of sp³-hybridized carbons (Fsp3) is 0.118. The Morgan fingerprint density at radius 3 is 2.48 bits per heavy atom. The predicted molar refractivity (Wildman–Crippen MR) is 90.6 cm³/mol. The Morgan fingerprint density at radius 1 is 1.13 bits per heavy atom. The quantitative estimate of drug-likeness (QED) is 0.548. The maximum Gasteiger partial charge on any atom is 0.273 e. The number of aryl methyl sites for hydroxylation is 1. The van der Waals surface area contributed by atoms with Crippen molar-refractivity contribution in [3.63, 3.8) is 0 Å². The van der Waals surface area contributed by atoms with Gasteiger partial charge in [0.15, 0.2) is 0 Å². The topological polar surface area (TPSA) is 71.8 Å². The molecule has 0 aliphatic heterocycles. The zero-order valence-electron chi connectivity index (χ0n) is 12.6. The summed E-state index contributed by atoms with van der Waals surface area (Å²) >= 11 is 5.90. The Balaban J connectivity index is 2.09. The molecule has 0 unspecified atom stereocenters. The Morgan fingerprint density at radius 2 is 1.83 bits per heavy atom. The number of nitrogens with one attached hydrogen (secondary N) is 1. The van der Waals surface area contributed by atoms with Crippen LogP contribution in [0.1, 0.15) is 11.1 Å². The van der Waals surface area contributed by atoms with Gasteiger partial charge in [0, 0.05) is 22.2 Å². The van der Waals surface area contributed by atoms with Crippen LogP contribution in [-0.4, -0.2) is 14.9 Å². The van der Waals surface area contributed by atoms with Crippen LogP contribution in [0.3, 0.4) is 0 Å². The molecule has 0 saturated heterocycles. The van der Waals surface area contributed by atoms with Crippen molar-refractivity contribution in [3.8, 4) is 22.6 Å². The van der Waals surface area contributed by atoms with E-state index in [-0.39, 0.29) is 10.6 Å². The summed E-state index contributed by atoms with van der Waals surface area (Å²) in [6.45, 7) is 3.65. The van der Waals surface area contributed by atoms with Crippen LogP contribution in [0.25, 0.3) is 22.6 Å². The lowest BCUT2D eigenvalue weighted by Crippen LogP contribution is -1.97. The second-order valence-corrected chi connectivity index (χ2v) is 5.75. The summed E-state index contributed by atoms with van der Waals surface area (Å²) in [4.78, 5) is 18.4. The van der Waals surface area contributed by atoms with E-state index in [4.69, 9.17) is 11.6 Å². The van der Waals surface area contributed by atoms with Gasteiger partial charge >= 0.3 is 0 Å². The molecule has 5 nitrogen and oxygen atoms in total. The molecule has 1 N–H and O–H groups in total. The molecule has 1 heterocycles. The van der Waals surface area contributed by atoms with E-state index in [1.54, 1.807) is 31.3 Å². The monoisotopic (exact) mass is 327 g/mol. The number of aromatic nitrogens is 2. The number of halogens is 1. The van der Waals surface area contributed by atoms with E-state index in [1.807, 2.05) is 19.1 Å². The van der Waals surface area contributed by atoms with Gasteiger partial charge in [-0.25, -0.2) is 4.98 Å². The van der Waals surface area contributed by atoms with Gasteiger partial charge in [-0.15, -0.1) is 0 Å². The highest BCUT2D eigenvalue weighted by Crippen LogP contribution is 2.32. The first-order valence-corrected chi connectivity index (χ1v) is 7.41. The van der Waals surface area contributed by atoms with Crippen LogP contribution >= 0.6 is 11.6 Å². The van der Waals surface area contributed by atoms with Gasteiger partial charge in [0.05, 0.1) is 16.8 Å². The molecule has 0 saturated carbocycles. The largest absolute Gasteiger partial charge is 0.338 e. The summed E-state index contributed by atoms with van der Waals surface area (Å²) in [5, 5.41) is 11.8. The van der Waals surface area contributed by atoms with Gasteiger partial charge in [-0.3, -0.25) is 10.1 Å². The molecule has 1 aromatic heterocycles. The zero-order valence-corrected chi connectivity index (χ0v) is 13.4. The summed E-state index contributed by atoms with van der Waals surface area (Å²) in [6.07, 6.45) is 1.72. The number of imidazole rings is 1. The maximum atomic E-state index is 11.1. The highest BCUT2D eigenvalue weighted by molar-refractivity contribution is 6.30. The molecular weight excluding hydrogens is 314 g/mol. The summed E-state index contributed by atoms with van der Waals surface area (Å²) < 4.78 is 0. The second-order valence-electron chi connectivity index (χ2n) is 5.31. The normalized spacial score (nSPS) is 10.7. The molecule has 116 valence electrons. The molecule has 0 amide bonds. The number of nitro benzene ring substituents is 1. The van der Waals surface area contributed by atoms with E-state index in [0.717, 1.165) is 22.4 Å². The highest BCUT2D eigenvalue weighted by atomic mass is 35.5. The van der Waals surface area contributed by atoms with Crippen molar-refractivity contribution in [1.82, 2.24) is 9.97 Å². The van der Waals surface area contributed by atoms with Crippen molar-refractivity contribution >= 4 is 17.3 Å². The standard InChI is InChI=1S/C17H14ClN3O2/c1-10-3-8-15(21(22)23)11(2)16(10)17-19-9-14(20-17)12-4-6-13(18)7-5-12/h3-9H,1-2H3,(H,19,20). The molecule has 0 fully saturated rings. The number of nitrogens with zero attached hydrogens (tertiary/aromatic N) is 2. The van der Waals surface area contributed by atoms with Gasteiger partial charge in [0.1, 0.15) is 5.82 Å². The van der Waals surface area contributed by atoms with E-state index in [0.29, 0.717) is 16.4 Å². The first kappa shape index (κ1) is 15.2. The minimum absolute atomic E-state index is 0.0926. The highest BCUT2D eigenvalue weighted by Gasteiger charge is 2.19. The van der Waals surface area contributed by atoms with Gasteiger partial charge in [-0.05, 0) is 37.1 Å². The van der Waals surface area contributed by atoms with Gasteiger partial charge in [-0.1, -0.05) is 29.8 Å². The van der Waals surface area contributed by atoms with E-state index >= 15 is 0 Å². The zero-order chi connectivity index (χ0) is 16.6. The van der Waals surface area contributed by atoms with Crippen LogP contribution in [0.5, 0.6) is 0 Å². The summed E-state index contributed by atoms with van der Waals surface area (Å²) in [6, 6.07) is 10.7. The van der Waals surface area contributed by atoms with Gasteiger partial charge in [-0.2, -0.15) is 0 Å². The minimum atomic E-state index is -0.374. The molecule has 6 heteroatoms.